The number of nitrogens with two attached hydrogens (primary N) is 1. The molecule has 0 spiro atoms. The number of benzene rings is 1. The van der Waals surface area contributed by atoms with Crippen molar-refractivity contribution >= 4 is 30.3 Å². The third-order valence-electron chi connectivity index (χ3n) is 7.46. The van der Waals surface area contributed by atoms with Gasteiger partial charge >= 0.3 is 6.03 Å². The van der Waals surface area contributed by atoms with Gasteiger partial charge in [-0.1, -0.05) is 33.8 Å². The molecule has 6 N–H and O–H groups in total. The Bertz CT molecular complexity index is 978. The van der Waals surface area contributed by atoms with Crippen LogP contribution in [0.25, 0.3) is 0 Å². The molecule has 0 aromatic heterocycles. The fraction of sp³-hybridized carbons (Fsp3) is 0.690. The topological polar surface area (TPSA) is 161 Å². The van der Waals surface area contributed by atoms with Crippen molar-refractivity contribution in [3.05, 3.63) is 23.8 Å². The SMILES string of the molecule is COCCCOc1cc(C[C@@H](C[C@H](N)[C@@H](O)C[C@H](C(=O)NCC2NC(=O)NC2=O)C(C)C)C(C)C)ccc1OC.Cl. The monoisotopic (exact) mass is 600 g/mol. The smallest absolute Gasteiger partial charge is 0.322 e. The van der Waals surface area contributed by atoms with E-state index in [1.54, 1.807) is 14.2 Å². The van der Waals surface area contributed by atoms with Gasteiger partial charge < -0.3 is 35.7 Å². The molecule has 1 aromatic rings. The normalized spacial score (nSPS) is 17.8. The maximum absolute atomic E-state index is 12.9. The first-order valence-corrected chi connectivity index (χ1v) is 14.1. The van der Waals surface area contributed by atoms with Crippen LogP contribution < -0.4 is 31.2 Å². The Morgan fingerprint density at radius 3 is 2.34 bits per heavy atom. The highest BCUT2D eigenvalue weighted by atomic mass is 35.5. The summed E-state index contributed by atoms with van der Waals surface area (Å²) in [5.74, 6) is 0.529. The zero-order chi connectivity index (χ0) is 29.8. The molecule has 0 bridgehead atoms. The fourth-order valence-electron chi connectivity index (χ4n) is 4.80. The predicted molar refractivity (Wildman–Crippen MR) is 159 cm³/mol. The molecule has 5 atom stereocenters. The molecule has 234 valence electrons. The second kappa shape index (κ2) is 18.0. The van der Waals surface area contributed by atoms with Gasteiger partial charge in [-0.2, -0.15) is 0 Å². The van der Waals surface area contributed by atoms with Gasteiger partial charge in [0.25, 0.3) is 5.91 Å². The highest BCUT2D eigenvalue weighted by Gasteiger charge is 2.33. The Morgan fingerprint density at radius 1 is 1.07 bits per heavy atom. The average molecular weight is 601 g/mol. The lowest BCUT2D eigenvalue weighted by Crippen LogP contribution is -2.46. The number of hydrogen-bond donors (Lipinski definition) is 5. The van der Waals surface area contributed by atoms with Crippen LogP contribution >= 0.6 is 12.4 Å². The van der Waals surface area contributed by atoms with Crippen molar-refractivity contribution < 1.29 is 33.7 Å². The molecule has 2 rings (SSSR count). The molecule has 1 fully saturated rings. The minimum absolute atomic E-state index is 0. The Kier molecular flexibility index (Phi) is 16.0. The van der Waals surface area contributed by atoms with Crippen LogP contribution in [0.2, 0.25) is 0 Å². The first-order chi connectivity index (χ1) is 19.0. The number of aliphatic hydroxyl groups excluding tert-OH is 1. The molecule has 11 nitrogen and oxygen atoms in total. The summed E-state index contributed by atoms with van der Waals surface area (Å²) in [5, 5.41) is 18.4. The van der Waals surface area contributed by atoms with E-state index in [4.69, 9.17) is 19.9 Å². The van der Waals surface area contributed by atoms with Crippen molar-refractivity contribution in [2.45, 2.75) is 71.6 Å². The van der Waals surface area contributed by atoms with Gasteiger partial charge in [-0.3, -0.25) is 14.9 Å². The van der Waals surface area contributed by atoms with E-state index in [0.29, 0.717) is 37.1 Å². The van der Waals surface area contributed by atoms with E-state index < -0.39 is 36.0 Å². The number of imide groups is 1. The molecule has 0 saturated carbocycles. The lowest BCUT2D eigenvalue weighted by molar-refractivity contribution is -0.128. The van der Waals surface area contributed by atoms with Gasteiger partial charge in [0.1, 0.15) is 6.04 Å². The van der Waals surface area contributed by atoms with Crippen molar-refractivity contribution in [3.63, 3.8) is 0 Å². The van der Waals surface area contributed by atoms with Gasteiger partial charge in [-0.05, 0) is 54.7 Å². The van der Waals surface area contributed by atoms with Crippen LogP contribution in [0.15, 0.2) is 18.2 Å². The van der Waals surface area contributed by atoms with Crippen molar-refractivity contribution in [2.24, 2.45) is 29.4 Å². The predicted octanol–water partition coefficient (Wildman–Crippen LogP) is 2.41. The second-order valence-corrected chi connectivity index (χ2v) is 11.2. The van der Waals surface area contributed by atoms with Crippen molar-refractivity contribution in [1.82, 2.24) is 16.0 Å². The van der Waals surface area contributed by atoms with E-state index in [1.165, 1.54) is 0 Å². The average Bonchev–Trinajstić information content (AvgIpc) is 3.23. The summed E-state index contributed by atoms with van der Waals surface area (Å²) < 4.78 is 16.5. The standard InChI is InChI=1S/C29H48N4O7.ClH/c1-17(2)20(12-19-8-9-25(39-6)26(13-19)40-11-7-10-38-5)14-22(30)24(34)15-21(18(3)4)27(35)31-16-23-28(36)33-29(37)32-23;/h8-9,13,17-18,20-24,34H,7,10-12,14-16,30H2,1-6H3,(H,31,35)(H2,32,33,36,37);1H/t20-,21-,22-,23?,24-;/m0./s1. The molecule has 12 heteroatoms. The van der Waals surface area contributed by atoms with Gasteiger partial charge in [-0.25, -0.2) is 4.79 Å². The van der Waals surface area contributed by atoms with E-state index in [9.17, 15) is 19.5 Å². The zero-order valence-corrected chi connectivity index (χ0v) is 25.9. The fourth-order valence-corrected chi connectivity index (χ4v) is 4.80. The summed E-state index contributed by atoms with van der Waals surface area (Å²) in [6, 6.07) is 4.01. The number of rotatable bonds is 18. The van der Waals surface area contributed by atoms with Crippen LogP contribution in [0.1, 0.15) is 52.5 Å². The summed E-state index contributed by atoms with van der Waals surface area (Å²) in [5.41, 5.74) is 7.58. The van der Waals surface area contributed by atoms with E-state index in [0.717, 1.165) is 18.4 Å². The van der Waals surface area contributed by atoms with Gasteiger partial charge in [0.05, 0.1) is 19.8 Å². The molecule has 1 saturated heterocycles. The summed E-state index contributed by atoms with van der Waals surface area (Å²) in [6.07, 6.45) is 1.41. The lowest BCUT2D eigenvalue weighted by atomic mass is 9.81. The van der Waals surface area contributed by atoms with E-state index in [1.807, 2.05) is 32.0 Å². The zero-order valence-electron chi connectivity index (χ0n) is 25.1. The van der Waals surface area contributed by atoms with Gasteiger partial charge in [0.2, 0.25) is 5.91 Å². The molecule has 0 radical (unpaired) electrons. The summed E-state index contributed by atoms with van der Waals surface area (Å²) >= 11 is 0. The van der Waals surface area contributed by atoms with Crippen LogP contribution in [0, 0.1) is 23.7 Å². The van der Waals surface area contributed by atoms with E-state index >= 15 is 0 Å². The summed E-state index contributed by atoms with van der Waals surface area (Å²) in [7, 11) is 3.27. The summed E-state index contributed by atoms with van der Waals surface area (Å²) in [6.45, 7) is 9.20. The number of halogens is 1. The minimum Gasteiger partial charge on any atom is -0.493 e. The third-order valence-corrected chi connectivity index (χ3v) is 7.46. The minimum atomic E-state index is -0.885. The number of nitrogens with one attached hydrogen (secondary N) is 3. The summed E-state index contributed by atoms with van der Waals surface area (Å²) in [4.78, 5) is 36.0. The first kappa shape index (κ1) is 36.4. The number of carbonyl (C=O) groups is 3. The molecule has 41 heavy (non-hydrogen) atoms. The number of urea groups is 1. The van der Waals surface area contributed by atoms with Crippen LogP contribution in [-0.4, -0.2) is 75.1 Å². The number of carbonyl (C=O) groups excluding carboxylic acids is 3. The van der Waals surface area contributed by atoms with Gasteiger partial charge in [0, 0.05) is 38.6 Å². The van der Waals surface area contributed by atoms with Gasteiger partial charge in [0.15, 0.2) is 11.5 Å². The molecular weight excluding hydrogens is 552 g/mol. The largest absolute Gasteiger partial charge is 0.493 e. The molecule has 0 aliphatic carbocycles. The molecule has 1 aliphatic rings. The van der Waals surface area contributed by atoms with Crippen LogP contribution in [-0.2, 0) is 20.7 Å². The Morgan fingerprint density at radius 2 is 1.78 bits per heavy atom. The maximum Gasteiger partial charge on any atom is 0.322 e. The van der Waals surface area contributed by atoms with Gasteiger partial charge in [-0.15, -0.1) is 12.4 Å². The quantitative estimate of drug-likeness (QED) is 0.127. The molecular formula is C29H49ClN4O7. The van der Waals surface area contributed by atoms with Crippen LogP contribution in [0.5, 0.6) is 11.5 Å². The number of methoxy groups -OCH3 is 2. The third kappa shape index (κ3) is 11.7. The Balaban J connectivity index is 0.00000840. The van der Waals surface area contributed by atoms with Crippen LogP contribution in [0.3, 0.4) is 0 Å². The number of amides is 4. The van der Waals surface area contributed by atoms with E-state index in [-0.39, 0.29) is 43.1 Å². The Hall–Kier alpha value is -2.60. The molecule has 4 amide bonds. The Labute approximate surface area is 250 Å². The molecule has 1 aliphatic heterocycles. The lowest BCUT2D eigenvalue weighted by Gasteiger charge is -2.30. The number of ether oxygens (including phenoxy) is 3. The van der Waals surface area contributed by atoms with Crippen molar-refractivity contribution in [3.8, 4) is 11.5 Å². The number of aliphatic hydroxyl groups is 1. The highest BCUT2D eigenvalue weighted by Crippen LogP contribution is 2.31. The van der Waals surface area contributed by atoms with Crippen molar-refractivity contribution in [2.75, 3.05) is 34.0 Å². The first-order valence-electron chi connectivity index (χ1n) is 14.1. The second-order valence-electron chi connectivity index (χ2n) is 11.2. The highest BCUT2D eigenvalue weighted by molar-refractivity contribution is 6.04. The van der Waals surface area contributed by atoms with E-state index in [2.05, 4.69) is 29.8 Å². The molecule has 1 heterocycles. The number of hydrogen-bond acceptors (Lipinski definition) is 8. The molecule has 1 aromatic carbocycles. The van der Waals surface area contributed by atoms with Crippen molar-refractivity contribution in [1.29, 1.82) is 0 Å². The molecule has 1 unspecified atom stereocenters. The maximum atomic E-state index is 12.9. The van der Waals surface area contributed by atoms with Crippen LogP contribution in [0.4, 0.5) is 4.79 Å².